The number of hydrogen-bond donors (Lipinski definition) is 1. The Morgan fingerprint density at radius 1 is 1.12 bits per heavy atom. The normalized spacial score (nSPS) is 10.6. The van der Waals surface area contributed by atoms with Crippen LogP contribution < -0.4 is 5.73 Å². The Labute approximate surface area is 99.6 Å². The van der Waals surface area contributed by atoms with Crippen LogP contribution in [0.15, 0.2) is 54.7 Å². The molecular weight excluding hydrogens is 212 g/mol. The molecule has 3 nitrogen and oxygen atoms in total. The maximum absolute atomic E-state index is 10.6. The quantitative estimate of drug-likeness (QED) is 0.813. The lowest BCUT2D eigenvalue weighted by Crippen LogP contribution is -2.04. The molecule has 1 amide bonds. The number of nitrogens with two attached hydrogens (primary N) is 1. The second-order valence-electron chi connectivity index (χ2n) is 3.57. The Kier molecular flexibility index (Phi) is 3.31. The van der Waals surface area contributed by atoms with Gasteiger partial charge in [0, 0.05) is 17.8 Å². The van der Waals surface area contributed by atoms with Crippen molar-refractivity contribution in [3.63, 3.8) is 0 Å². The minimum absolute atomic E-state index is 0.446. The van der Waals surface area contributed by atoms with Gasteiger partial charge in [0.05, 0.1) is 5.69 Å². The van der Waals surface area contributed by atoms with E-state index >= 15 is 0 Å². The summed E-state index contributed by atoms with van der Waals surface area (Å²) in [5, 5.41) is 0. The van der Waals surface area contributed by atoms with Gasteiger partial charge in [-0.3, -0.25) is 9.78 Å². The number of pyridine rings is 1. The van der Waals surface area contributed by atoms with Crippen molar-refractivity contribution in [1.29, 1.82) is 0 Å². The Morgan fingerprint density at radius 3 is 2.47 bits per heavy atom. The summed E-state index contributed by atoms with van der Waals surface area (Å²) >= 11 is 0. The van der Waals surface area contributed by atoms with Crippen LogP contribution in [0.2, 0.25) is 0 Å². The number of rotatable bonds is 3. The van der Waals surface area contributed by atoms with E-state index in [1.54, 1.807) is 12.3 Å². The predicted molar refractivity (Wildman–Crippen MR) is 67.9 cm³/mol. The molecule has 0 aliphatic heterocycles. The van der Waals surface area contributed by atoms with Gasteiger partial charge in [-0.25, -0.2) is 0 Å². The van der Waals surface area contributed by atoms with Crippen LogP contribution in [0.1, 0.15) is 5.56 Å². The van der Waals surface area contributed by atoms with Crippen molar-refractivity contribution in [2.45, 2.75) is 0 Å². The SMILES string of the molecule is NC(=O)/C=C\c1ccc(-c2ccccn2)cc1. The van der Waals surface area contributed by atoms with Gasteiger partial charge in [0.25, 0.3) is 0 Å². The van der Waals surface area contributed by atoms with Gasteiger partial charge in [-0.2, -0.15) is 0 Å². The smallest absolute Gasteiger partial charge is 0.241 e. The minimum Gasteiger partial charge on any atom is -0.366 e. The van der Waals surface area contributed by atoms with E-state index < -0.39 is 5.91 Å². The fraction of sp³-hybridized carbons (Fsp3) is 0. The van der Waals surface area contributed by atoms with Crippen LogP contribution in [0.5, 0.6) is 0 Å². The van der Waals surface area contributed by atoms with Crippen molar-refractivity contribution in [3.8, 4) is 11.3 Å². The molecule has 0 saturated heterocycles. The Hall–Kier alpha value is -2.42. The molecule has 2 rings (SSSR count). The van der Waals surface area contributed by atoms with Crippen molar-refractivity contribution < 1.29 is 4.79 Å². The molecule has 0 spiro atoms. The molecule has 1 aromatic heterocycles. The monoisotopic (exact) mass is 224 g/mol. The number of nitrogens with zero attached hydrogens (tertiary/aromatic N) is 1. The van der Waals surface area contributed by atoms with Gasteiger partial charge in [-0.05, 0) is 23.8 Å². The summed E-state index contributed by atoms with van der Waals surface area (Å²) in [6.07, 6.45) is 4.79. The molecular formula is C14H12N2O. The maximum Gasteiger partial charge on any atom is 0.241 e. The number of hydrogen-bond acceptors (Lipinski definition) is 2. The van der Waals surface area contributed by atoms with Gasteiger partial charge < -0.3 is 5.73 Å². The molecule has 0 aliphatic carbocycles. The van der Waals surface area contributed by atoms with Crippen LogP contribution in [0, 0.1) is 0 Å². The second-order valence-corrected chi connectivity index (χ2v) is 3.57. The minimum atomic E-state index is -0.446. The summed E-state index contributed by atoms with van der Waals surface area (Å²) in [6, 6.07) is 13.5. The molecule has 84 valence electrons. The van der Waals surface area contributed by atoms with E-state index in [4.69, 9.17) is 5.73 Å². The van der Waals surface area contributed by atoms with E-state index in [0.29, 0.717) is 0 Å². The van der Waals surface area contributed by atoms with Crippen molar-refractivity contribution >= 4 is 12.0 Å². The van der Waals surface area contributed by atoms with Crippen LogP contribution in [0.25, 0.3) is 17.3 Å². The van der Waals surface area contributed by atoms with Crippen LogP contribution in [-0.4, -0.2) is 10.9 Å². The van der Waals surface area contributed by atoms with Crippen molar-refractivity contribution in [2.75, 3.05) is 0 Å². The van der Waals surface area contributed by atoms with Crippen LogP contribution in [0.4, 0.5) is 0 Å². The third-order valence-corrected chi connectivity index (χ3v) is 2.31. The first-order chi connectivity index (χ1) is 8.25. The van der Waals surface area contributed by atoms with Crippen LogP contribution in [-0.2, 0) is 4.79 Å². The average Bonchev–Trinajstić information content (AvgIpc) is 2.38. The molecule has 0 unspecified atom stereocenters. The Morgan fingerprint density at radius 2 is 1.88 bits per heavy atom. The number of carbonyl (C=O) groups excluding carboxylic acids is 1. The second kappa shape index (κ2) is 5.07. The molecule has 1 heterocycles. The highest BCUT2D eigenvalue weighted by Crippen LogP contribution is 2.17. The van der Waals surface area contributed by atoms with Crippen molar-refractivity contribution in [1.82, 2.24) is 4.98 Å². The highest BCUT2D eigenvalue weighted by atomic mass is 16.1. The average molecular weight is 224 g/mol. The number of primary amides is 1. The Balaban J connectivity index is 2.22. The third-order valence-electron chi connectivity index (χ3n) is 2.31. The zero-order valence-electron chi connectivity index (χ0n) is 9.21. The molecule has 0 aliphatic rings. The van der Waals surface area contributed by atoms with Gasteiger partial charge in [0.15, 0.2) is 0 Å². The van der Waals surface area contributed by atoms with Gasteiger partial charge in [0.1, 0.15) is 0 Å². The van der Waals surface area contributed by atoms with E-state index in [9.17, 15) is 4.79 Å². The number of amides is 1. The van der Waals surface area contributed by atoms with Gasteiger partial charge in [0.2, 0.25) is 5.91 Å². The van der Waals surface area contributed by atoms with E-state index in [1.807, 2.05) is 42.5 Å². The first-order valence-corrected chi connectivity index (χ1v) is 5.25. The molecule has 0 fully saturated rings. The molecule has 0 radical (unpaired) electrons. The van der Waals surface area contributed by atoms with Crippen molar-refractivity contribution in [2.24, 2.45) is 5.73 Å². The zero-order chi connectivity index (χ0) is 12.1. The maximum atomic E-state index is 10.6. The van der Waals surface area contributed by atoms with E-state index in [2.05, 4.69) is 4.98 Å². The number of aromatic nitrogens is 1. The lowest BCUT2D eigenvalue weighted by molar-refractivity contribution is -0.113. The first-order valence-electron chi connectivity index (χ1n) is 5.25. The van der Waals surface area contributed by atoms with Gasteiger partial charge in [-0.15, -0.1) is 0 Å². The number of benzene rings is 1. The molecule has 2 N–H and O–H groups in total. The lowest BCUT2D eigenvalue weighted by atomic mass is 10.1. The molecule has 1 aromatic carbocycles. The molecule has 0 atom stereocenters. The largest absolute Gasteiger partial charge is 0.366 e. The summed E-state index contributed by atoms with van der Waals surface area (Å²) in [4.78, 5) is 14.8. The van der Waals surface area contributed by atoms with E-state index in [0.717, 1.165) is 16.8 Å². The van der Waals surface area contributed by atoms with E-state index in [-0.39, 0.29) is 0 Å². The molecule has 0 bridgehead atoms. The summed E-state index contributed by atoms with van der Waals surface area (Å²) in [7, 11) is 0. The van der Waals surface area contributed by atoms with Crippen LogP contribution >= 0.6 is 0 Å². The van der Waals surface area contributed by atoms with Crippen molar-refractivity contribution in [3.05, 3.63) is 60.3 Å². The van der Waals surface area contributed by atoms with E-state index in [1.165, 1.54) is 6.08 Å². The third kappa shape index (κ3) is 3.01. The fourth-order valence-electron chi connectivity index (χ4n) is 1.48. The highest BCUT2D eigenvalue weighted by Gasteiger charge is 1.97. The number of carbonyl (C=O) groups is 1. The lowest BCUT2D eigenvalue weighted by Gasteiger charge is -2.00. The summed E-state index contributed by atoms with van der Waals surface area (Å²) < 4.78 is 0. The van der Waals surface area contributed by atoms with Gasteiger partial charge >= 0.3 is 0 Å². The fourth-order valence-corrected chi connectivity index (χ4v) is 1.48. The zero-order valence-corrected chi connectivity index (χ0v) is 9.21. The summed E-state index contributed by atoms with van der Waals surface area (Å²) in [5.41, 5.74) is 7.93. The van der Waals surface area contributed by atoms with Gasteiger partial charge in [-0.1, -0.05) is 30.3 Å². The highest BCUT2D eigenvalue weighted by molar-refractivity contribution is 5.90. The summed E-state index contributed by atoms with van der Waals surface area (Å²) in [6.45, 7) is 0. The molecule has 3 heteroatoms. The predicted octanol–water partition coefficient (Wildman–Crippen LogP) is 2.25. The van der Waals surface area contributed by atoms with Crippen LogP contribution in [0.3, 0.4) is 0 Å². The standard InChI is InChI=1S/C14H12N2O/c15-14(17)9-6-11-4-7-12(8-5-11)13-3-1-2-10-16-13/h1-10H,(H2,15,17)/b9-6-. The Bertz CT molecular complexity index is 530. The molecule has 0 saturated carbocycles. The summed E-state index contributed by atoms with van der Waals surface area (Å²) in [5.74, 6) is -0.446. The topological polar surface area (TPSA) is 56.0 Å². The first kappa shape index (κ1) is 11.1. The molecule has 17 heavy (non-hydrogen) atoms. The molecule has 2 aromatic rings.